The molecular formula is C22H43N3O. The van der Waals surface area contributed by atoms with Crippen molar-refractivity contribution in [2.24, 2.45) is 0 Å². The topological polar surface area (TPSA) is 35.6 Å². The normalized spacial score (nSPS) is 28.7. The van der Waals surface area contributed by atoms with Crippen LogP contribution in [-0.2, 0) is 4.79 Å². The van der Waals surface area contributed by atoms with Crippen molar-refractivity contribution in [1.29, 1.82) is 0 Å². The molecule has 152 valence electrons. The summed E-state index contributed by atoms with van der Waals surface area (Å²) >= 11 is 0. The van der Waals surface area contributed by atoms with Gasteiger partial charge in [-0.05, 0) is 88.1 Å². The lowest BCUT2D eigenvalue weighted by atomic mass is 9.74. The number of piperidine rings is 2. The summed E-state index contributed by atoms with van der Waals surface area (Å²) in [6, 6.07) is 0.632. The van der Waals surface area contributed by atoms with Gasteiger partial charge in [-0.1, -0.05) is 6.92 Å². The molecule has 0 aromatic rings. The van der Waals surface area contributed by atoms with E-state index in [0.717, 1.165) is 25.7 Å². The van der Waals surface area contributed by atoms with Crippen molar-refractivity contribution >= 4 is 5.91 Å². The van der Waals surface area contributed by atoms with E-state index in [1.807, 2.05) is 6.92 Å². The second kappa shape index (κ2) is 6.77. The van der Waals surface area contributed by atoms with Gasteiger partial charge in [-0.3, -0.25) is 9.69 Å². The van der Waals surface area contributed by atoms with Crippen LogP contribution in [0.3, 0.4) is 0 Å². The smallest absolute Gasteiger partial charge is 0.222 e. The van der Waals surface area contributed by atoms with Crippen LogP contribution >= 0.6 is 0 Å². The summed E-state index contributed by atoms with van der Waals surface area (Å²) in [7, 11) is 2.24. The van der Waals surface area contributed by atoms with E-state index in [1.165, 1.54) is 0 Å². The molecule has 0 aromatic heterocycles. The maximum absolute atomic E-state index is 13.1. The van der Waals surface area contributed by atoms with E-state index >= 15 is 0 Å². The van der Waals surface area contributed by atoms with Crippen LogP contribution < -0.4 is 5.32 Å². The zero-order valence-electron chi connectivity index (χ0n) is 19.0. The Kier molecular flexibility index (Phi) is 5.65. The molecule has 4 nitrogen and oxygen atoms in total. The molecule has 2 aliphatic rings. The van der Waals surface area contributed by atoms with Crippen LogP contribution in [0.1, 0.15) is 94.4 Å². The van der Waals surface area contributed by atoms with Crippen LogP contribution in [0.2, 0.25) is 0 Å². The molecule has 0 aromatic carbocycles. The predicted octanol–water partition coefficient (Wildman–Crippen LogP) is 4.19. The average Bonchev–Trinajstić information content (AvgIpc) is 2.40. The number of likely N-dealkylation sites (tertiary alicyclic amines) is 1. The molecular weight excluding hydrogens is 322 g/mol. The first-order chi connectivity index (χ1) is 11.6. The summed E-state index contributed by atoms with van der Waals surface area (Å²) in [5.74, 6) is 0.324. The molecule has 0 unspecified atom stereocenters. The zero-order valence-corrected chi connectivity index (χ0v) is 19.0. The van der Waals surface area contributed by atoms with Crippen LogP contribution in [0.15, 0.2) is 0 Å². The summed E-state index contributed by atoms with van der Waals surface area (Å²) in [6.07, 6.45) is 4.73. The van der Waals surface area contributed by atoms with Crippen molar-refractivity contribution < 1.29 is 4.79 Å². The minimum atomic E-state index is 0.0508. The van der Waals surface area contributed by atoms with Gasteiger partial charge in [-0.2, -0.15) is 0 Å². The Morgan fingerprint density at radius 2 is 1.27 bits per heavy atom. The highest BCUT2D eigenvalue weighted by Gasteiger charge is 2.49. The first-order valence-electron chi connectivity index (χ1n) is 10.4. The SMILES string of the molecule is CCC(=O)N(C1CC(C)(C)NC(C)(C)C1)C1CC(C)(C)N(C)C(C)(C)C1. The number of carbonyl (C=O) groups excluding carboxylic acids is 1. The summed E-state index contributed by atoms with van der Waals surface area (Å²) in [4.78, 5) is 17.9. The molecule has 0 aliphatic carbocycles. The quantitative estimate of drug-likeness (QED) is 0.815. The molecule has 2 fully saturated rings. The van der Waals surface area contributed by atoms with Crippen LogP contribution in [0.25, 0.3) is 0 Å². The van der Waals surface area contributed by atoms with Crippen LogP contribution in [0.5, 0.6) is 0 Å². The van der Waals surface area contributed by atoms with E-state index in [4.69, 9.17) is 0 Å². The fourth-order valence-corrected chi connectivity index (χ4v) is 5.87. The molecule has 1 N–H and O–H groups in total. The first kappa shape index (κ1) is 21.7. The van der Waals surface area contributed by atoms with Crippen molar-refractivity contribution in [3.63, 3.8) is 0 Å². The maximum atomic E-state index is 13.1. The number of nitrogens with one attached hydrogen (secondary N) is 1. The van der Waals surface area contributed by atoms with Crippen LogP contribution in [0, 0.1) is 0 Å². The monoisotopic (exact) mass is 365 g/mol. The second-order valence-electron chi connectivity index (χ2n) is 11.4. The second-order valence-corrected chi connectivity index (χ2v) is 11.4. The van der Waals surface area contributed by atoms with Crippen LogP contribution in [0.4, 0.5) is 0 Å². The molecule has 2 rings (SSSR count). The number of amides is 1. The maximum Gasteiger partial charge on any atom is 0.222 e. The minimum Gasteiger partial charge on any atom is -0.336 e. The molecule has 0 bridgehead atoms. The first-order valence-corrected chi connectivity index (χ1v) is 10.4. The van der Waals surface area contributed by atoms with Gasteiger partial charge in [0.2, 0.25) is 5.91 Å². The Hall–Kier alpha value is -0.610. The number of hydrogen-bond donors (Lipinski definition) is 1. The van der Waals surface area contributed by atoms with Gasteiger partial charge in [0, 0.05) is 40.7 Å². The van der Waals surface area contributed by atoms with E-state index in [0.29, 0.717) is 24.4 Å². The minimum absolute atomic E-state index is 0.0508. The van der Waals surface area contributed by atoms with Gasteiger partial charge in [0.25, 0.3) is 0 Å². The highest BCUT2D eigenvalue weighted by molar-refractivity contribution is 5.76. The number of rotatable bonds is 3. The summed E-state index contributed by atoms with van der Waals surface area (Å²) in [5.41, 5.74) is 0.289. The molecule has 4 heteroatoms. The van der Waals surface area contributed by atoms with Crippen molar-refractivity contribution in [1.82, 2.24) is 15.1 Å². The van der Waals surface area contributed by atoms with Crippen molar-refractivity contribution in [3.8, 4) is 0 Å². The molecule has 0 spiro atoms. The van der Waals surface area contributed by atoms with E-state index in [2.05, 4.69) is 77.6 Å². The molecule has 2 heterocycles. The van der Waals surface area contributed by atoms with Gasteiger partial charge >= 0.3 is 0 Å². The van der Waals surface area contributed by atoms with E-state index in [-0.39, 0.29) is 22.2 Å². The van der Waals surface area contributed by atoms with Gasteiger partial charge in [0.15, 0.2) is 0 Å². The molecule has 0 saturated carbocycles. The fourth-order valence-electron chi connectivity index (χ4n) is 5.87. The molecule has 2 saturated heterocycles. The van der Waals surface area contributed by atoms with Crippen LogP contribution in [-0.4, -0.2) is 57.0 Å². The lowest BCUT2D eigenvalue weighted by Gasteiger charge is -2.58. The number of hydrogen-bond acceptors (Lipinski definition) is 3. The number of carbonyl (C=O) groups is 1. The van der Waals surface area contributed by atoms with Crippen molar-refractivity contribution in [2.75, 3.05) is 7.05 Å². The largest absolute Gasteiger partial charge is 0.336 e. The average molecular weight is 366 g/mol. The Bertz CT molecular complexity index is 502. The Labute approximate surface area is 162 Å². The Balaban J connectivity index is 2.38. The summed E-state index contributed by atoms with van der Waals surface area (Å²) in [5, 5.41) is 3.77. The van der Waals surface area contributed by atoms with Gasteiger partial charge < -0.3 is 10.2 Å². The van der Waals surface area contributed by atoms with E-state index in [1.54, 1.807) is 0 Å². The highest BCUT2D eigenvalue weighted by Crippen LogP contribution is 2.42. The fraction of sp³-hybridized carbons (Fsp3) is 0.955. The van der Waals surface area contributed by atoms with E-state index in [9.17, 15) is 4.79 Å². The molecule has 26 heavy (non-hydrogen) atoms. The number of nitrogens with zero attached hydrogens (tertiary/aromatic N) is 2. The van der Waals surface area contributed by atoms with Gasteiger partial charge in [-0.25, -0.2) is 0 Å². The summed E-state index contributed by atoms with van der Waals surface area (Å²) < 4.78 is 0. The Morgan fingerprint density at radius 3 is 1.65 bits per heavy atom. The predicted molar refractivity (Wildman–Crippen MR) is 110 cm³/mol. The van der Waals surface area contributed by atoms with Gasteiger partial charge in [0.05, 0.1) is 0 Å². The highest BCUT2D eigenvalue weighted by atomic mass is 16.2. The third kappa shape index (κ3) is 4.44. The van der Waals surface area contributed by atoms with Gasteiger partial charge in [0.1, 0.15) is 0 Å². The molecule has 2 aliphatic heterocycles. The lowest BCUT2D eigenvalue weighted by molar-refractivity contribution is -0.144. The standard InChI is InChI=1S/C22H43N3O/c1-11-18(26)25(16-12-19(2,3)23-20(4,5)13-16)17-14-21(6,7)24(10)22(8,9)15-17/h16-17,23H,11-15H2,1-10H3. The molecule has 0 radical (unpaired) electrons. The lowest BCUT2D eigenvalue weighted by Crippen LogP contribution is -2.67. The molecule has 1 amide bonds. The Morgan fingerprint density at radius 1 is 0.885 bits per heavy atom. The molecule has 0 atom stereocenters. The summed E-state index contributed by atoms with van der Waals surface area (Å²) in [6.45, 7) is 20.4. The third-order valence-corrected chi connectivity index (χ3v) is 6.83. The van der Waals surface area contributed by atoms with Gasteiger partial charge in [-0.15, -0.1) is 0 Å². The van der Waals surface area contributed by atoms with E-state index < -0.39 is 0 Å². The third-order valence-electron chi connectivity index (χ3n) is 6.83. The van der Waals surface area contributed by atoms with Crippen molar-refractivity contribution in [3.05, 3.63) is 0 Å². The zero-order chi connectivity index (χ0) is 20.1. The van der Waals surface area contributed by atoms with Crippen molar-refractivity contribution in [2.45, 2.75) is 129 Å².